The SMILES string of the molecule is c1ccc(-c2ccc(-c3nc(-c4ccccc4)nc(-c4cccc5oc6ccc(-c7cccc8oc9c(-c%10ccccc%10)cccc9c78)cc6c45)n3)cc2)cc1. The van der Waals surface area contributed by atoms with E-state index in [1.165, 1.54) is 0 Å². The highest BCUT2D eigenvalue weighted by atomic mass is 16.3. The summed E-state index contributed by atoms with van der Waals surface area (Å²) in [4.78, 5) is 15.3. The van der Waals surface area contributed by atoms with Gasteiger partial charge in [0, 0.05) is 43.8 Å². The zero-order chi connectivity index (χ0) is 37.0. The van der Waals surface area contributed by atoms with Crippen LogP contribution in [-0.2, 0) is 0 Å². The first kappa shape index (κ1) is 31.9. The molecule has 0 aliphatic carbocycles. The first-order valence-electron chi connectivity index (χ1n) is 18.7. The Morgan fingerprint density at radius 3 is 1.50 bits per heavy atom. The number of benzene rings is 8. The minimum absolute atomic E-state index is 0.580. The normalized spacial score (nSPS) is 11.6. The number of para-hydroxylation sites is 1. The predicted molar refractivity (Wildman–Crippen MR) is 227 cm³/mol. The number of rotatable bonds is 6. The summed E-state index contributed by atoms with van der Waals surface area (Å²) in [6, 6.07) is 64.4. The van der Waals surface area contributed by atoms with Crippen molar-refractivity contribution in [1.82, 2.24) is 15.0 Å². The second-order valence-electron chi connectivity index (χ2n) is 13.9. The minimum Gasteiger partial charge on any atom is -0.456 e. The lowest BCUT2D eigenvalue weighted by molar-refractivity contribution is 0.669. The van der Waals surface area contributed by atoms with Gasteiger partial charge in [-0.2, -0.15) is 0 Å². The average Bonchev–Trinajstić information content (AvgIpc) is 3.86. The fourth-order valence-electron chi connectivity index (χ4n) is 7.90. The predicted octanol–water partition coefficient (Wildman–Crippen LogP) is 13.7. The molecule has 0 unspecified atom stereocenters. The van der Waals surface area contributed by atoms with Gasteiger partial charge in [-0.15, -0.1) is 0 Å². The molecule has 0 saturated heterocycles. The summed E-state index contributed by atoms with van der Waals surface area (Å²) in [6.07, 6.45) is 0. The van der Waals surface area contributed by atoms with E-state index in [0.29, 0.717) is 17.5 Å². The third kappa shape index (κ3) is 5.37. The van der Waals surface area contributed by atoms with Crippen molar-refractivity contribution < 1.29 is 8.83 Å². The number of hydrogen-bond donors (Lipinski definition) is 0. The van der Waals surface area contributed by atoms with E-state index in [1.807, 2.05) is 54.6 Å². The molecule has 5 heteroatoms. The van der Waals surface area contributed by atoms with E-state index in [1.54, 1.807) is 0 Å². The summed E-state index contributed by atoms with van der Waals surface area (Å²) in [6.45, 7) is 0. The summed E-state index contributed by atoms with van der Waals surface area (Å²) in [5.74, 6) is 1.79. The molecule has 56 heavy (non-hydrogen) atoms. The molecule has 0 aliphatic heterocycles. The van der Waals surface area contributed by atoms with E-state index in [-0.39, 0.29) is 0 Å². The molecule has 3 aromatic heterocycles. The zero-order valence-corrected chi connectivity index (χ0v) is 30.1. The van der Waals surface area contributed by atoms with E-state index >= 15 is 0 Å². The molecule has 11 aromatic rings. The second kappa shape index (κ2) is 13.0. The van der Waals surface area contributed by atoms with Gasteiger partial charge in [-0.25, -0.2) is 15.0 Å². The highest BCUT2D eigenvalue weighted by Crippen LogP contribution is 2.43. The molecule has 8 aromatic carbocycles. The van der Waals surface area contributed by atoms with Gasteiger partial charge in [0.25, 0.3) is 0 Å². The molecule has 0 fully saturated rings. The van der Waals surface area contributed by atoms with Crippen LogP contribution in [-0.4, -0.2) is 15.0 Å². The molecule has 0 N–H and O–H groups in total. The van der Waals surface area contributed by atoms with E-state index < -0.39 is 0 Å². The van der Waals surface area contributed by atoms with Gasteiger partial charge in [0.15, 0.2) is 17.5 Å². The van der Waals surface area contributed by atoms with Crippen molar-refractivity contribution >= 4 is 43.9 Å². The van der Waals surface area contributed by atoms with Crippen LogP contribution in [0.2, 0.25) is 0 Å². The van der Waals surface area contributed by atoms with Gasteiger partial charge in [0.1, 0.15) is 22.3 Å². The average molecular weight is 718 g/mol. The Hall–Kier alpha value is -7.63. The molecule has 3 heterocycles. The molecule has 0 spiro atoms. The Balaban J connectivity index is 1.08. The Labute approximate surface area is 322 Å². The molecule has 0 atom stereocenters. The maximum absolute atomic E-state index is 6.60. The van der Waals surface area contributed by atoms with Crippen molar-refractivity contribution in [2.24, 2.45) is 0 Å². The van der Waals surface area contributed by atoms with Crippen molar-refractivity contribution in [2.45, 2.75) is 0 Å². The standard InChI is InChI=1S/C51H31N3O2/c1-4-13-32(14-5-1)33-25-27-36(28-26-33)50-52-49(35-17-8-3-9-18-35)53-51(54-50)41-22-12-23-44-47(41)42-31-37(29-30-43(42)55-44)38-19-11-24-45-46(38)40-21-10-20-39(48(40)56-45)34-15-6-2-7-16-34/h1-31H. The Morgan fingerprint density at radius 2 is 0.786 bits per heavy atom. The van der Waals surface area contributed by atoms with Gasteiger partial charge in [-0.05, 0) is 52.1 Å². The first-order valence-corrected chi connectivity index (χ1v) is 18.7. The van der Waals surface area contributed by atoms with E-state index in [0.717, 1.165) is 93.9 Å². The van der Waals surface area contributed by atoms with E-state index in [4.69, 9.17) is 23.8 Å². The molecule has 262 valence electrons. The maximum atomic E-state index is 6.60. The topological polar surface area (TPSA) is 65.0 Å². The number of aromatic nitrogens is 3. The quantitative estimate of drug-likeness (QED) is 0.171. The van der Waals surface area contributed by atoms with Gasteiger partial charge in [0.05, 0.1) is 0 Å². The van der Waals surface area contributed by atoms with Crippen LogP contribution in [0.5, 0.6) is 0 Å². The van der Waals surface area contributed by atoms with Crippen LogP contribution >= 0.6 is 0 Å². The van der Waals surface area contributed by atoms with Crippen molar-refractivity contribution in [1.29, 1.82) is 0 Å². The van der Waals surface area contributed by atoms with Crippen LogP contribution in [0.15, 0.2) is 197 Å². The second-order valence-corrected chi connectivity index (χ2v) is 13.9. The van der Waals surface area contributed by atoms with Crippen LogP contribution in [0.25, 0.3) is 111 Å². The van der Waals surface area contributed by atoms with Crippen molar-refractivity contribution in [2.75, 3.05) is 0 Å². The fraction of sp³-hybridized carbons (Fsp3) is 0. The van der Waals surface area contributed by atoms with Gasteiger partial charge in [0.2, 0.25) is 0 Å². The summed E-state index contributed by atoms with van der Waals surface area (Å²) in [5.41, 5.74) is 12.6. The monoisotopic (exact) mass is 717 g/mol. The summed E-state index contributed by atoms with van der Waals surface area (Å²) >= 11 is 0. The molecule has 0 saturated carbocycles. The molecule has 0 bridgehead atoms. The number of nitrogens with zero attached hydrogens (tertiary/aromatic N) is 3. The van der Waals surface area contributed by atoms with Crippen LogP contribution < -0.4 is 0 Å². The smallest absolute Gasteiger partial charge is 0.164 e. The summed E-state index contributed by atoms with van der Waals surface area (Å²) in [5, 5.41) is 4.10. The summed E-state index contributed by atoms with van der Waals surface area (Å²) < 4.78 is 13.1. The molecule has 0 radical (unpaired) electrons. The number of furan rings is 2. The number of hydrogen-bond acceptors (Lipinski definition) is 5. The molecule has 0 aliphatic rings. The maximum Gasteiger partial charge on any atom is 0.164 e. The first-order chi connectivity index (χ1) is 27.7. The molecule has 5 nitrogen and oxygen atoms in total. The lowest BCUT2D eigenvalue weighted by Crippen LogP contribution is -2.00. The van der Waals surface area contributed by atoms with Crippen LogP contribution in [0, 0.1) is 0 Å². The van der Waals surface area contributed by atoms with Crippen LogP contribution in [0.4, 0.5) is 0 Å². The van der Waals surface area contributed by atoms with Gasteiger partial charge in [-0.3, -0.25) is 0 Å². The fourth-order valence-corrected chi connectivity index (χ4v) is 7.90. The van der Waals surface area contributed by atoms with Gasteiger partial charge < -0.3 is 8.83 Å². The Morgan fingerprint density at radius 1 is 0.286 bits per heavy atom. The molecule has 0 amide bonds. The van der Waals surface area contributed by atoms with Crippen molar-refractivity contribution in [3.63, 3.8) is 0 Å². The lowest BCUT2D eigenvalue weighted by Gasteiger charge is -2.10. The molecule has 11 rings (SSSR count). The van der Waals surface area contributed by atoms with Crippen LogP contribution in [0.1, 0.15) is 0 Å². The molecular formula is C51H31N3O2. The molecular weight excluding hydrogens is 687 g/mol. The third-order valence-corrected chi connectivity index (χ3v) is 10.6. The highest BCUT2D eigenvalue weighted by molar-refractivity contribution is 6.17. The zero-order valence-electron chi connectivity index (χ0n) is 30.1. The minimum atomic E-state index is 0.580. The van der Waals surface area contributed by atoms with E-state index in [9.17, 15) is 0 Å². The largest absolute Gasteiger partial charge is 0.456 e. The Kier molecular flexibility index (Phi) is 7.42. The van der Waals surface area contributed by atoms with Crippen LogP contribution in [0.3, 0.4) is 0 Å². The Bertz CT molecular complexity index is 3220. The van der Waals surface area contributed by atoms with Crippen molar-refractivity contribution in [3.05, 3.63) is 188 Å². The lowest BCUT2D eigenvalue weighted by atomic mass is 9.96. The third-order valence-electron chi connectivity index (χ3n) is 10.6. The highest BCUT2D eigenvalue weighted by Gasteiger charge is 2.20. The number of fused-ring (bicyclic) bond motifs is 6. The summed E-state index contributed by atoms with van der Waals surface area (Å²) in [7, 11) is 0. The van der Waals surface area contributed by atoms with E-state index in [2.05, 4.69) is 133 Å². The van der Waals surface area contributed by atoms with Gasteiger partial charge in [-0.1, -0.05) is 164 Å². The van der Waals surface area contributed by atoms with Crippen molar-refractivity contribution in [3.8, 4) is 67.5 Å². The van der Waals surface area contributed by atoms with Gasteiger partial charge >= 0.3 is 0 Å².